The highest BCUT2D eigenvalue weighted by Gasteiger charge is 2.08. The molecule has 0 aromatic heterocycles. The molecule has 0 heterocycles. The Hall–Kier alpha value is -1.07. The molecule has 4 nitrogen and oxygen atoms in total. The Balaban J connectivity index is 2.51. The van der Waals surface area contributed by atoms with Crippen molar-refractivity contribution in [3.05, 3.63) is 28.2 Å². The minimum absolute atomic E-state index is 0.00801. The lowest BCUT2D eigenvalue weighted by molar-refractivity contribution is -0.122. The van der Waals surface area contributed by atoms with E-state index in [1.54, 1.807) is 0 Å². The van der Waals surface area contributed by atoms with Gasteiger partial charge in [-0.3, -0.25) is 4.79 Å². The Labute approximate surface area is 116 Å². The quantitative estimate of drug-likeness (QED) is 0.846. The third-order valence-electron chi connectivity index (χ3n) is 2.29. The average molecular weight is 315 g/mol. The van der Waals surface area contributed by atoms with Crippen molar-refractivity contribution in [3.8, 4) is 5.75 Å². The third-order valence-corrected chi connectivity index (χ3v) is 2.92. The molecule has 100 valence electrons. The molecule has 0 saturated carbocycles. The van der Waals surface area contributed by atoms with Crippen molar-refractivity contribution < 1.29 is 9.53 Å². The zero-order valence-electron chi connectivity index (χ0n) is 10.7. The van der Waals surface area contributed by atoms with Crippen LogP contribution in [0.25, 0.3) is 0 Å². The topological polar surface area (TPSA) is 64.3 Å². The highest BCUT2D eigenvalue weighted by Crippen LogP contribution is 2.28. The second-order valence-electron chi connectivity index (χ2n) is 4.25. The number of nitrogens with one attached hydrogen (secondary N) is 1. The Kier molecular flexibility index (Phi) is 6.15. The second-order valence-corrected chi connectivity index (χ2v) is 5.11. The van der Waals surface area contributed by atoms with E-state index in [1.165, 1.54) is 0 Å². The van der Waals surface area contributed by atoms with Gasteiger partial charge in [0.05, 0.1) is 17.5 Å². The van der Waals surface area contributed by atoms with Gasteiger partial charge in [0.2, 0.25) is 5.91 Å². The minimum Gasteiger partial charge on any atom is -0.492 e. The molecule has 0 radical (unpaired) electrons. The number of amides is 1. The van der Waals surface area contributed by atoms with E-state index in [1.807, 2.05) is 32.0 Å². The fraction of sp³-hybridized carbons (Fsp3) is 0.462. The molecule has 18 heavy (non-hydrogen) atoms. The van der Waals surface area contributed by atoms with Gasteiger partial charge >= 0.3 is 0 Å². The standard InChI is InChI=1S/C13H19BrN2O2/c1-9(2)16-12(17)6-7-18-13-10(8-15)4-3-5-11(13)14/h3-5,9H,6-8,15H2,1-2H3,(H,16,17). The third kappa shape index (κ3) is 4.66. The van der Waals surface area contributed by atoms with Crippen LogP contribution in [0.1, 0.15) is 25.8 Å². The van der Waals surface area contributed by atoms with Crippen molar-refractivity contribution in [2.24, 2.45) is 5.73 Å². The molecule has 1 amide bonds. The summed E-state index contributed by atoms with van der Waals surface area (Å²) in [6.07, 6.45) is 0.337. The van der Waals surface area contributed by atoms with E-state index in [4.69, 9.17) is 10.5 Å². The Morgan fingerprint density at radius 3 is 2.83 bits per heavy atom. The van der Waals surface area contributed by atoms with E-state index < -0.39 is 0 Å². The normalized spacial score (nSPS) is 10.5. The number of ether oxygens (including phenoxy) is 1. The zero-order chi connectivity index (χ0) is 13.5. The van der Waals surface area contributed by atoms with E-state index in [0.29, 0.717) is 19.6 Å². The Morgan fingerprint density at radius 1 is 1.50 bits per heavy atom. The van der Waals surface area contributed by atoms with Gasteiger partial charge < -0.3 is 15.8 Å². The summed E-state index contributed by atoms with van der Waals surface area (Å²) in [7, 11) is 0. The Bertz CT molecular complexity index is 408. The van der Waals surface area contributed by atoms with Crippen LogP contribution in [0.3, 0.4) is 0 Å². The van der Waals surface area contributed by atoms with Crippen molar-refractivity contribution in [3.63, 3.8) is 0 Å². The molecule has 1 aromatic carbocycles. The van der Waals surface area contributed by atoms with Gasteiger partial charge in [-0.1, -0.05) is 12.1 Å². The number of nitrogens with two attached hydrogens (primary N) is 1. The molecule has 0 fully saturated rings. The van der Waals surface area contributed by atoms with E-state index in [9.17, 15) is 4.79 Å². The maximum atomic E-state index is 11.5. The Morgan fingerprint density at radius 2 is 2.22 bits per heavy atom. The fourth-order valence-electron chi connectivity index (χ4n) is 1.52. The SMILES string of the molecule is CC(C)NC(=O)CCOc1c(Br)cccc1CN. The molecule has 3 N–H and O–H groups in total. The van der Waals surface area contributed by atoms with Crippen LogP contribution in [-0.2, 0) is 11.3 Å². The fourth-order valence-corrected chi connectivity index (χ4v) is 2.04. The first-order chi connectivity index (χ1) is 8.54. The zero-order valence-corrected chi connectivity index (χ0v) is 12.3. The summed E-state index contributed by atoms with van der Waals surface area (Å²) in [5, 5.41) is 2.82. The molecule has 1 rings (SSSR count). The minimum atomic E-state index is -0.00801. The van der Waals surface area contributed by atoms with Crippen molar-refractivity contribution >= 4 is 21.8 Å². The number of rotatable bonds is 6. The number of hydrogen-bond acceptors (Lipinski definition) is 3. The summed E-state index contributed by atoms with van der Waals surface area (Å²) in [4.78, 5) is 11.5. The van der Waals surface area contributed by atoms with Gasteiger partial charge in [-0.25, -0.2) is 0 Å². The molecule has 0 bridgehead atoms. The first kappa shape index (κ1) is 15.0. The summed E-state index contributed by atoms with van der Waals surface area (Å²) in [5.74, 6) is 0.712. The number of carbonyl (C=O) groups is 1. The summed E-state index contributed by atoms with van der Waals surface area (Å²) < 4.78 is 6.48. The molecule has 0 unspecified atom stereocenters. The molecule has 0 spiro atoms. The molecule has 0 aliphatic rings. The lowest BCUT2D eigenvalue weighted by Gasteiger charge is -2.13. The predicted octanol–water partition coefficient (Wildman–Crippen LogP) is 2.20. The molecule has 1 aromatic rings. The van der Waals surface area contributed by atoms with Gasteiger partial charge in [0.1, 0.15) is 5.75 Å². The summed E-state index contributed by atoms with van der Waals surface area (Å²) in [6, 6.07) is 5.86. The number of hydrogen-bond donors (Lipinski definition) is 2. The lowest BCUT2D eigenvalue weighted by atomic mass is 10.2. The van der Waals surface area contributed by atoms with Gasteiger partial charge in [0.15, 0.2) is 0 Å². The summed E-state index contributed by atoms with van der Waals surface area (Å²) in [6.45, 7) is 4.61. The molecule has 0 aliphatic heterocycles. The van der Waals surface area contributed by atoms with Gasteiger partial charge in [-0.05, 0) is 35.8 Å². The van der Waals surface area contributed by atoms with Crippen LogP contribution in [0.4, 0.5) is 0 Å². The van der Waals surface area contributed by atoms with Crippen LogP contribution in [-0.4, -0.2) is 18.6 Å². The van der Waals surface area contributed by atoms with E-state index >= 15 is 0 Å². The van der Waals surface area contributed by atoms with E-state index in [2.05, 4.69) is 21.2 Å². The van der Waals surface area contributed by atoms with Crippen LogP contribution < -0.4 is 15.8 Å². The number of carbonyl (C=O) groups excluding carboxylic acids is 1. The molecule has 0 aliphatic carbocycles. The highest BCUT2D eigenvalue weighted by molar-refractivity contribution is 9.10. The van der Waals surface area contributed by atoms with Crippen molar-refractivity contribution in [1.82, 2.24) is 5.32 Å². The number of para-hydroxylation sites is 1. The van der Waals surface area contributed by atoms with E-state index in [-0.39, 0.29) is 11.9 Å². The van der Waals surface area contributed by atoms with Crippen LogP contribution >= 0.6 is 15.9 Å². The van der Waals surface area contributed by atoms with Gasteiger partial charge in [-0.2, -0.15) is 0 Å². The first-order valence-corrected chi connectivity index (χ1v) is 6.73. The van der Waals surface area contributed by atoms with Gasteiger partial charge in [-0.15, -0.1) is 0 Å². The molecule has 0 atom stereocenters. The first-order valence-electron chi connectivity index (χ1n) is 5.94. The van der Waals surface area contributed by atoms with Crippen LogP contribution in [0, 0.1) is 0 Å². The van der Waals surface area contributed by atoms with Crippen molar-refractivity contribution in [1.29, 1.82) is 0 Å². The molecular formula is C13H19BrN2O2. The van der Waals surface area contributed by atoms with Gasteiger partial charge in [0, 0.05) is 18.2 Å². The van der Waals surface area contributed by atoms with Crippen molar-refractivity contribution in [2.45, 2.75) is 32.9 Å². The van der Waals surface area contributed by atoms with Crippen LogP contribution in [0.2, 0.25) is 0 Å². The lowest BCUT2D eigenvalue weighted by Crippen LogP contribution is -2.31. The number of halogens is 1. The second kappa shape index (κ2) is 7.38. The predicted molar refractivity (Wildman–Crippen MR) is 75.4 cm³/mol. The van der Waals surface area contributed by atoms with Crippen LogP contribution in [0.5, 0.6) is 5.75 Å². The molecular weight excluding hydrogens is 296 g/mol. The maximum absolute atomic E-state index is 11.5. The van der Waals surface area contributed by atoms with Gasteiger partial charge in [0.25, 0.3) is 0 Å². The summed E-state index contributed by atoms with van der Waals surface area (Å²) in [5.41, 5.74) is 6.56. The monoisotopic (exact) mass is 314 g/mol. The molecule has 0 saturated heterocycles. The smallest absolute Gasteiger partial charge is 0.223 e. The number of benzene rings is 1. The molecule has 5 heteroatoms. The van der Waals surface area contributed by atoms with Crippen molar-refractivity contribution in [2.75, 3.05) is 6.61 Å². The summed E-state index contributed by atoms with van der Waals surface area (Å²) >= 11 is 3.41. The maximum Gasteiger partial charge on any atom is 0.223 e. The average Bonchev–Trinajstić information content (AvgIpc) is 2.30. The largest absolute Gasteiger partial charge is 0.492 e. The highest BCUT2D eigenvalue weighted by atomic mass is 79.9. The van der Waals surface area contributed by atoms with Crippen LogP contribution in [0.15, 0.2) is 22.7 Å². The van der Waals surface area contributed by atoms with E-state index in [0.717, 1.165) is 15.8 Å².